The lowest BCUT2D eigenvalue weighted by atomic mass is 9.45. The number of piperidine rings is 1. The maximum absolute atomic E-state index is 14.7. The Hall–Kier alpha value is -3.07. The first-order valence-electron chi connectivity index (χ1n) is 10.5. The second-order valence-electron chi connectivity index (χ2n) is 8.82. The molecule has 1 atom stereocenters. The Morgan fingerprint density at radius 1 is 1.08 bits per heavy atom. The van der Waals surface area contributed by atoms with Crippen LogP contribution in [0.4, 0.5) is 8.78 Å². The van der Waals surface area contributed by atoms with Crippen molar-refractivity contribution in [2.45, 2.75) is 36.1 Å². The lowest BCUT2D eigenvalue weighted by Crippen LogP contribution is -2.67. The largest absolute Gasteiger partial charge is 0.387 e. The van der Waals surface area contributed by atoms with Gasteiger partial charge in [-0.05, 0) is 41.0 Å². The number of alkyl halides is 2. The molecule has 4 amide bonds. The fourth-order valence-electron chi connectivity index (χ4n) is 4.18. The number of hydrogen-bond donors (Lipinski definition) is 1. The van der Waals surface area contributed by atoms with Crippen molar-refractivity contribution in [3.05, 3.63) is 69.7 Å². The van der Waals surface area contributed by atoms with E-state index in [9.17, 15) is 28.0 Å². The third kappa shape index (κ3) is 4.34. The van der Waals surface area contributed by atoms with Crippen molar-refractivity contribution in [1.29, 1.82) is 0 Å². The molecule has 0 unspecified atom stereocenters. The van der Waals surface area contributed by atoms with E-state index in [1.807, 2.05) is 5.32 Å². The minimum Gasteiger partial charge on any atom is -0.387 e. The number of carbonyl (C=O) groups excluding carboxylic acids is 4. The highest BCUT2D eigenvalue weighted by atomic mass is 35.5. The van der Waals surface area contributed by atoms with Gasteiger partial charge in [0.05, 0.1) is 21.1 Å². The number of halogens is 3. The normalized spacial score (nSPS) is 21.2. The quantitative estimate of drug-likeness (QED) is 0.487. The van der Waals surface area contributed by atoms with Crippen LogP contribution in [-0.4, -0.2) is 70.3 Å². The van der Waals surface area contributed by atoms with E-state index in [0.29, 0.717) is 15.9 Å². The first kappa shape index (κ1) is 26.0. The summed E-state index contributed by atoms with van der Waals surface area (Å²) in [6.07, 6.45) is -0.526. The van der Waals surface area contributed by atoms with Gasteiger partial charge in [-0.1, -0.05) is 35.9 Å². The van der Waals surface area contributed by atoms with Crippen LogP contribution in [0.25, 0.3) is 0 Å². The number of nitrogens with zero attached hydrogens (tertiary/aromatic N) is 2. The molecule has 2 aliphatic heterocycles. The fraction of sp³-hybridized carbons (Fsp3) is 0.273. The van der Waals surface area contributed by atoms with Gasteiger partial charge in [-0.2, -0.15) is 8.78 Å². The Kier molecular flexibility index (Phi) is 6.35. The number of hydrogen-bond acceptors (Lipinski definition) is 4. The molecule has 4 rings (SSSR count). The van der Waals surface area contributed by atoms with Gasteiger partial charge in [-0.25, -0.2) is 0 Å². The minimum absolute atomic E-state index is 0.157. The summed E-state index contributed by atoms with van der Waals surface area (Å²) in [6, 6.07) is 8.82. The highest BCUT2D eigenvalue weighted by Gasteiger charge is 2.53. The van der Waals surface area contributed by atoms with Crippen molar-refractivity contribution in [3.63, 3.8) is 0 Å². The van der Waals surface area contributed by atoms with Crippen molar-refractivity contribution in [2.75, 3.05) is 0 Å². The van der Waals surface area contributed by atoms with E-state index < -0.39 is 58.7 Å². The predicted molar refractivity (Wildman–Crippen MR) is 128 cm³/mol. The van der Waals surface area contributed by atoms with Gasteiger partial charge in [0.1, 0.15) is 7.85 Å². The van der Waals surface area contributed by atoms with Crippen LogP contribution in [0, 0.1) is 0 Å². The molecule has 0 spiro atoms. The van der Waals surface area contributed by atoms with Crippen LogP contribution >= 0.6 is 11.6 Å². The van der Waals surface area contributed by atoms with Crippen molar-refractivity contribution in [3.8, 4) is 0 Å². The van der Waals surface area contributed by atoms with Crippen LogP contribution in [0.1, 0.15) is 33.5 Å². The van der Waals surface area contributed by atoms with Crippen LogP contribution in [0.3, 0.4) is 0 Å². The molecule has 1 saturated heterocycles. The fourth-order valence-corrected chi connectivity index (χ4v) is 4.30. The molecule has 2 aromatic rings. The van der Waals surface area contributed by atoms with Gasteiger partial charge in [0, 0.05) is 29.2 Å². The van der Waals surface area contributed by atoms with E-state index in [4.69, 9.17) is 43.1 Å². The smallest absolute Gasteiger partial charge is 0.348 e. The van der Waals surface area contributed by atoms with E-state index in [1.165, 1.54) is 30.3 Å². The molecule has 2 aromatic carbocycles. The molecule has 0 aliphatic carbocycles. The number of rotatable bonds is 5. The van der Waals surface area contributed by atoms with Crippen LogP contribution in [-0.2, 0) is 33.4 Å². The molecule has 0 bridgehead atoms. The van der Waals surface area contributed by atoms with E-state index in [-0.39, 0.29) is 17.1 Å². The Morgan fingerprint density at radius 2 is 1.72 bits per heavy atom. The second kappa shape index (κ2) is 8.80. The van der Waals surface area contributed by atoms with Gasteiger partial charge in [0.15, 0.2) is 0 Å². The van der Waals surface area contributed by atoms with Crippen LogP contribution < -0.4 is 5.32 Å². The van der Waals surface area contributed by atoms with Crippen LogP contribution in [0.2, 0.25) is 10.2 Å². The van der Waals surface area contributed by atoms with Crippen molar-refractivity contribution in [2.24, 2.45) is 0 Å². The van der Waals surface area contributed by atoms with Gasteiger partial charge >= 0.3 is 5.92 Å². The average molecular weight is 501 g/mol. The first-order valence-corrected chi connectivity index (χ1v) is 10.9. The maximum atomic E-state index is 14.7. The van der Waals surface area contributed by atoms with Crippen molar-refractivity contribution in [1.82, 2.24) is 15.0 Å². The van der Waals surface area contributed by atoms with Gasteiger partial charge in [-0.3, -0.25) is 24.5 Å². The molecule has 1 N–H and O–H groups in total. The van der Waals surface area contributed by atoms with Crippen LogP contribution in [0.15, 0.2) is 42.5 Å². The summed E-state index contributed by atoms with van der Waals surface area (Å²) >= 11 is 5.72. The third-order valence-corrected chi connectivity index (χ3v) is 6.40. The summed E-state index contributed by atoms with van der Waals surface area (Å²) in [6.45, 7) is -0.559. The predicted octanol–water partition coefficient (Wildman–Crippen LogP) is 0.864. The molecular weight excluding hydrogens is 487 g/mol. The van der Waals surface area contributed by atoms with E-state index >= 15 is 0 Å². The molecule has 0 aromatic heterocycles. The summed E-state index contributed by atoms with van der Waals surface area (Å²) in [5.74, 6) is -8.03. The summed E-state index contributed by atoms with van der Waals surface area (Å²) in [4.78, 5) is 51.2. The van der Waals surface area contributed by atoms with Gasteiger partial charge in [-0.15, -0.1) is 0 Å². The molecular formula is C22H14B4ClF2N3O4. The third-order valence-electron chi connectivity index (χ3n) is 6.15. The summed E-state index contributed by atoms with van der Waals surface area (Å²) in [5, 5.41) is 0.222. The molecule has 1 fully saturated rings. The minimum atomic E-state index is -3.91. The standard InChI is InChI=1S/C22H14B4ClF2N3O4/c23-20(24)10-21(25,18(35)30-17(20)34)31-9-12-7-11(1-6-15(12)16(31)33)8-32(26)19(36)22(28,29)13-2-4-14(27)5-3-13/h1-7H,8-10H2,(H,30,34,35)/t21-/m0/s1. The van der Waals surface area contributed by atoms with Crippen molar-refractivity contribution < 1.29 is 28.0 Å². The number of amides is 4. The summed E-state index contributed by atoms with van der Waals surface area (Å²) < 4.78 is 29.3. The van der Waals surface area contributed by atoms with E-state index in [2.05, 4.69) is 0 Å². The summed E-state index contributed by atoms with van der Waals surface area (Å²) in [5.41, 5.74) is -1.65. The zero-order chi connectivity index (χ0) is 26.6. The molecule has 2 aliphatic rings. The van der Waals surface area contributed by atoms with E-state index in [0.717, 1.165) is 17.0 Å². The van der Waals surface area contributed by atoms with Crippen molar-refractivity contribution >= 4 is 66.7 Å². The number of nitrogens with one attached hydrogen (secondary N) is 1. The highest BCUT2D eigenvalue weighted by Crippen LogP contribution is 2.39. The number of benzene rings is 2. The molecule has 0 saturated carbocycles. The highest BCUT2D eigenvalue weighted by molar-refractivity contribution is 6.53. The number of fused-ring (bicyclic) bond motifs is 1. The molecule has 14 heteroatoms. The second-order valence-corrected chi connectivity index (χ2v) is 9.26. The zero-order valence-electron chi connectivity index (χ0n) is 18.6. The lowest BCUT2D eigenvalue weighted by Gasteiger charge is -2.46. The van der Waals surface area contributed by atoms with Gasteiger partial charge in [0.25, 0.3) is 11.8 Å². The molecule has 174 valence electrons. The summed E-state index contributed by atoms with van der Waals surface area (Å²) in [7, 11) is 23.4. The molecule has 36 heavy (non-hydrogen) atoms. The topological polar surface area (TPSA) is 86.8 Å². The molecule has 2 heterocycles. The molecule has 7 nitrogen and oxygen atoms in total. The first-order chi connectivity index (χ1) is 16.7. The Morgan fingerprint density at radius 3 is 2.36 bits per heavy atom. The SMILES string of the molecule is [B]N(Cc1ccc2c(c1)CN([C@@]1([B])CC([B])([B])C(=O)NC1=O)C2=O)C(=O)C(F)(F)c1ccc(Cl)cc1. The van der Waals surface area contributed by atoms with Gasteiger partial charge < -0.3 is 9.71 Å². The zero-order valence-corrected chi connectivity index (χ0v) is 19.4. The number of imide groups is 1. The molecule has 8 radical (unpaired) electrons. The Balaban J connectivity index is 1.52. The Bertz CT molecular complexity index is 1290. The average Bonchev–Trinajstić information content (AvgIpc) is 3.13. The lowest BCUT2D eigenvalue weighted by molar-refractivity contribution is -0.154. The van der Waals surface area contributed by atoms with E-state index in [1.54, 1.807) is 0 Å². The number of carbonyl (C=O) groups is 4. The van der Waals surface area contributed by atoms with Crippen LogP contribution in [0.5, 0.6) is 0 Å². The maximum Gasteiger partial charge on any atom is 0.348 e. The monoisotopic (exact) mass is 501 g/mol. The Labute approximate surface area is 215 Å². The van der Waals surface area contributed by atoms with Gasteiger partial charge in [0.2, 0.25) is 19.8 Å².